The van der Waals surface area contributed by atoms with E-state index in [-0.39, 0.29) is 6.10 Å². The van der Waals surface area contributed by atoms with Gasteiger partial charge in [0.2, 0.25) is 0 Å². The molecule has 0 aromatic carbocycles. The minimum atomic E-state index is -0.596. The van der Waals surface area contributed by atoms with E-state index in [1.807, 2.05) is 17.7 Å². The largest absolute Gasteiger partial charge is 0.388 e. The summed E-state index contributed by atoms with van der Waals surface area (Å²) >= 11 is 0. The first kappa shape index (κ1) is 13.3. The van der Waals surface area contributed by atoms with E-state index in [0.717, 1.165) is 10.9 Å². The van der Waals surface area contributed by atoms with Gasteiger partial charge in [-0.15, -0.1) is 0 Å². The Kier molecular flexibility index (Phi) is 3.33. The Morgan fingerprint density at radius 2 is 2.35 bits per heavy atom. The molecule has 1 fully saturated rings. The first-order chi connectivity index (χ1) is 9.61. The molecular weight excluding hydrogens is 260 g/mol. The van der Waals surface area contributed by atoms with Gasteiger partial charge in [-0.25, -0.2) is 9.97 Å². The highest BCUT2D eigenvalue weighted by Crippen LogP contribution is 2.33. The first-order valence-corrected chi connectivity index (χ1v) is 6.52. The fraction of sp³-hybridized carbons (Fsp3) is 0.538. The Morgan fingerprint density at radius 1 is 1.55 bits per heavy atom. The second-order valence-corrected chi connectivity index (χ2v) is 5.08. The van der Waals surface area contributed by atoms with Gasteiger partial charge in [-0.2, -0.15) is 0 Å². The standard InChI is InChI=1S/C13H18N4O3/c1-7-4-17(12-10(7)11(14)15-6-16-12)13-9(18)3-8(20-13)5-19-2/h4,6,8-9,13,18H,3,5H2,1-2H3,(H2,14,15,16). The third-order valence-electron chi connectivity index (χ3n) is 3.62. The van der Waals surface area contributed by atoms with Gasteiger partial charge in [0, 0.05) is 19.7 Å². The normalized spacial score (nSPS) is 26.4. The van der Waals surface area contributed by atoms with Crippen LogP contribution in [-0.2, 0) is 9.47 Å². The molecule has 0 spiro atoms. The molecule has 0 aliphatic carbocycles. The summed E-state index contributed by atoms with van der Waals surface area (Å²) in [6, 6.07) is 0. The van der Waals surface area contributed by atoms with Crippen molar-refractivity contribution in [1.82, 2.24) is 14.5 Å². The Balaban J connectivity index is 2.01. The molecule has 1 saturated heterocycles. The van der Waals surface area contributed by atoms with E-state index in [0.29, 0.717) is 24.5 Å². The summed E-state index contributed by atoms with van der Waals surface area (Å²) < 4.78 is 12.7. The van der Waals surface area contributed by atoms with Gasteiger partial charge >= 0.3 is 0 Å². The average Bonchev–Trinajstić information content (AvgIpc) is 2.92. The zero-order valence-electron chi connectivity index (χ0n) is 11.5. The van der Waals surface area contributed by atoms with Gasteiger partial charge in [-0.05, 0) is 12.5 Å². The van der Waals surface area contributed by atoms with E-state index < -0.39 is 12.3 Å². The van der Waals surface area contributed by atoms with Crippen LogP contribution < -0.4 is 5.73 Å². The van der Waals surface area contributed by atoms with Crippen molar-refractivity contribution >= 4 is 16.9 Å². The number of hydrogen-bond donors (Lipinski definition) is 2. The molecule has 2 aromatic rings. The van der Waals surface area contributed by atoms with E-state index >= 15 is 0 Å². The van der Waals surface area contributed by atoms with Gasteiger partial charge in [0.05, 0.1) is 18.1 Å². The van der Waals surface area contributed by atoms with E-state index in [1.165, 1.54) is 6.33 Å². The fourth-order valence-electron chi connectivity index (χ4n) is 2.77. The number of nitrogens with zero attached hydrogens (tertiary/aromatic N) is 3. The molecule has 108 valence electrons. The molecule has 0 bridgehead atoms. The highest BCUT2D eigenvalue weighted by atomic mass is 16.6. The maximum atomic E-state index is 10.2. The predicted molar refractivity (Wildman–Crippen MR) is 73.1 cm³/mol. The predicted octanol–water partition coefficient (Wildman–Crippen LogP) is 0.617. The number of nitrogens with two attached hydrogens (primary N) is 1. The topological polar surface area (TPSA) is 95.4 Å². The van der Waals surface area contributed by atoms with Crippen molar-refractivity contribution in [3.05, 3.63) is 18.1 Å². The van der Waals surface area contributed by atoms with Crippen LogP contribution in [0.5, 0.6) is 0 Å². The van der Waals surface area contributed by atoms with Crippen molar-refractivity contribution in [2.24, 2.45) is 0 Å². The van der Waals surface area contributed by atoms with Gasteiger partial charge in [0.1, 0.15) is 23.9 Å². The maximum Gasteiger partial charge on any atom is 0.161 e. The Hall–Kier alpha value is -1.70. The number of aromatic nitrogens is 3. The lowest BCUT2D eigenvalue weighted by Crippen LogP contribution is -2.19. The van der Waals surface area contributed by atoms with Gasteiger partial charge in [-0.3, -0.25) is 0 Å². The highest BCUT2D eigenvalue weighted by molar-refractivity contribution is 5.89. The summed E-state index contributed by atoms with van der Waals surface area (Å²) in [7, 11) is 1.62. The third-order valence-corrected chi connectivity index (χ3v) is 3.62. The quantitative estimate of drug-likeness (QED) is 0.854. The van der Waals surface area contributed by atoms with Crippen molar-refractivity contribution in [3.63, 3.8) is 0 Å². The highest BCUT2D eigenvalue weighted by Gasteiger charge is 2.36. The van der Waals surface area contributed by atoms with Crippen molar-refractivity contribution < 1.29 is 14.6 Å². The summed E-state index contributed by atoms with van der Waals surface area (Å²) in [5, 5.41) is 11.0. The molecule has 7 nitrogen and oxygen atoms in total. The monoisotopic (exact) mass is 278 g/mol. The minimum Gasteiger partial charge on any atom is -0.388 e. The van der Waals surface area contributed by atoms with Crippen molar-refractivity contribution in [1.29, 1.82) is 0 Å². The number of ether oxygens (including phenoxy) is 2. The zero-order valence-corrected chi connectivity index (χ0v) is 11.5. The number of aliphatic hydroxyl groups is 1. The summed E-state index contributed by atoms with van der Waals surface area (Å²) in [6.07, 6.45) is 2.66. The Labute approximate surface area is 116 Å². The molecule has 0 radical (unpaired) electrons. The molecule has 20 heavy (non-hydrogen) atoms. The van der Waals surface area contributed by atoms with Crippen LogP contribution in [0.1, 0.15) is 18.2 Å². The van der Waals surface area contributed by atoms with Crippen LogP contribution in [0.4, 0.5) is 5.82 Å². The number of fused-ring (bicyclic) bond motifs is 1. The lowest BCUT2D eigenvalue weighted by molar-refractivity contribution is -0.0539. The van der Waals surface area contributed by atoms with Crippen molar-refractivity contribution in [2.45, 2.75) is 31.8 Å². The number of anilines is 1. The molecule has 0 amide bonds. The van der Waals surface area contributed by atoms with Crippen LogP contribution in [0.25, 0.3) is 11.0 Å². The lowest BCUT2D eigenvalue weighted by Gasteiger charge is -2.17. The fourth-order valence-corrected chi connectivity index (χ4v) is 2.77. The smallest absolute Gasteiger partial charge is 0.161 e. The summed E-state index contributed by atoms with van der Waals surface area (Å²) in [4.78, 5) is 8.26. The zero-order chi connectivity index (χ0) is 14.3. The molecule has 3 rings (SSSR count). The molecule has 3 unspecified atom stereocenters. The van der Waals surface area contributed by atoms with Gasteiger partial charge in [-0.1, -0.05) is 0 Å². The van der Waals surface area contributed by atoms with E-state index in [9.17, 15) is 5.11 Å². The number of rotatable bonds is 3. The molecule has 3 atom stereocenters. The molecule has 1 aliphatic rings. The molecule has 1 aliphatic heterocycles. The van der Waals surface area contributed by atoms with Crippen LogP contribution in [0, 0.1) is 6.92 Å². The maximum absolute atomic E-state index is 10.2. The van der Waals surface area contributed by atoms with Crippen molar-refractivity contribution in [3.8, 4) is 0 Å². The number of nitrogen functional groups attached to an aromatic ring is 1. The Bertz CT molecular complexity index is 627. The summed E-state index contributed by atoms with van der Waals surface area (Å²) in [5.74, 6) is 0.437. The molecule has 0 saturated carbocycles. The minimum absolute atomic E-state index is 0.114. The second-order valence-electron chi connectivity index (χ2n) is 5.08. The molecule has 2 aromatic heterocycles. The molecule has 3 N–H and O–H groups in total. The van der Waals surface area contributed by atoms with Gasteiger partial charge < -0.3 is 24.9 Å². The van der Waals surface area contributed by atoms with Crippen LogP contribution in [0.3, 0.4) is 0 Å². The van der Waals surface area contributed by atoms with Gasteiger partial charge in [0.25, 0.3) is 0 Å². The molecule has 7 heteroatoms. The number of aryl methyl sites for hydroxylation is 1. The van der Waals surface area contributed by atoms with Crippen LogP contribution in [0.15, 0.2) is 12.5 Å². The number of hydrogen-bond acceptors (Lipinski definition) is 6. The van der Waals surface area contributed by atoms with Crippen LogP contribution >= 0.6 is 0 Å². The van der Waals surface area contributed by atoms with Gasteiger partial charge in [0.15, 0.2) is 6.23 Å². The number of aliphatic hydroxyl groups excluding tert-OH is 1. The summed E-state index contributed by atoms with van der Waals surface area (Å²) in [5.41, 5.74) is 7.53. The van der Waals surface area contributed by atoms with Crippen molar-refractivity contribution in [2.75, 3.05) is 19.5 Å². The summed E-state index contributed by atoms with van der Waals surface area (Å²) in [6.45, 7) is 2.40. The van der Waals surface area contributed by atoms with E-state index in [4.69, 9.17) is 15.2 Å². The van der Waals surface area contributed by atoms with E-state index in [1.54, 1.807) is 7.11 Å². The van der Waals surface area contributed by atoms with Crippen LogP contribution in [0.2, 0.25) is 0 Å². The molecule has 3 heterocycles. The SMILES string of the molecule is COCC1CC(O)C(n2cc(C)c3c(N)ncnc32)O1. The average molecular weight is 278 g/mol. The second kappa shape index (κ2) is 5.01. The lowest BCUT2D eigenvalue weighted by atomic mass is 10.2. The van der Waals surface area contributed by atoms with E-state index in [2.05, 4.69) is 9.97 Å². The number of methoxy groups -OCH3 is 1. The van der Waals surface area contributed by atoms with Crippen LogP contribution in [-0.4, -0.2) is 45.6 Å². The third kappa shape index (κ3) is 2.04. The first-order valence-electron chi connectivity index (χ1n) is 6.52. The molecular formula is C13H18N4O3. The Morgan fingerprint density at radius 3 is 3.10 bits per heavy atom.